The van der Waals surface area contributed by atoms with Gasteiger partial charge in [0.05, 0.1) is 16.7 Å². The highest BCUT2D eigenvalue weighted by molar-refractivity contribution is 6.14. The van der Waals surface area contributed by atoms with Crippen molar-refractivity contribution >= 4 is 60.4 Å². The van der Waals surface area contributed by atoms with Gasteiger partial charge in [-0.1, -0.05) is 146 Å². The molecule has 10 aromatic rings. The lowest BCUT2D eigenvalue weighted by atomic mass is 9.93. The molecule has 2 nitrogen and oxygen atoms in total. The minimum atomic E-state index is 1.10. The van der Waals surface area contributed by atoms with E-state index in [4.69, 9.17) is 0 Å². The maximum Gasteiger partial charge on any atom is 0.0541 e. The molecule has 0 aliphatic carbocycles. The van der Waals surface area contributed by atoms with Gasteiger partial charge in [0.25, 0.3) is 0 Å². The molecule has 1 aromatic heterocycles. The fourth-order valence-corrected chi connectivity index (χ4v) is 7.99. The van der Waals surface area contributed by atoms with Crippen LogP contribution in [0.5, 0.6) is 0 Å². The topological polar surface area (TPSA) is 8.17 Å². The van der Waals surface area contributed by atoms with Crippen LogP contribution in [0.2, 0.25) is 0 Å². The van der Waals surface area contributed by atoms with E-state index in [1.165, 1.54) is 71.3 Å². The Balaban J connectivity index is 1.05. The number of aromatic nitrogens is 1. The van der Waals surface area contributed by atoms with E-state index in [2.05, 4.69) is 216 Å². The molecular formula is C50H34N2. The molecule has 0 unspecified atom stereocenters. The number of fused-ring (bicyclic) bond motifs is 6. The van der Waals surface area contributed by atoms with Crippen LogP contribution in [-0.4, -0.2) is 4.57 Å². The number of rotatable bonds is 6. The highest BCUT2D eigenvalue weighted by Gasteiger charge is 2.17. The van der Waals surface area contributed by atoms with Gasteiger partial charge in [0.15, 0.2) is 0 Å². The third kappa shape index (κ3) is 4.96. The molecule has 0 fully saturated rings. The van der Waals surface area contributed by atoms with E-state index in [0.717, 1.165) is 17.1 Å². The van der Waals surface area contributed by atoms with Gasteiger partial charge < -0.3 is 9.47 Å². The molecule has 0 bridgehead atoms. The molecule has 1 heterocycles. The summed E-state index contributed by atoms with van der Waals surface area (Å²) in [5.41, 5.74) is 11.7. The second-order valence-corrected chi connectivity index (χ2v) is 13.3. The van der Waals surface area contributed by atoms with Crippen molar-refractivity contribution in [3.05, 3.63) is 206 Å². The van der Waals surface area contributed by atoms with Crippen LogP contribution in [0.4, 0.5) is 17.1 Å². The zero-order valence-corrected chi connectivity index (χ0v) is 28.5. The van der Waals surface area contributed by atoms with Gasteiger partial charge in [0, 0.05) is 33.4 Å². The average Bonchev–Trinajstić information content (AvgIpc) is 3.56. The zero-order chi connectivity index (χ0) is 34.4. The van der Waals surface area contributed by atoms with Crippen LogP contribution in [0.15, 0.2) is 206 Å². The van der Waals surface area contributed by atoms with Crippen LogP contribution in [0.1, 0.15) is 0 Å². The Morgan fingerprint density at radius 3 is 1.42 bits per heavy atom. The molecule has 10 rings (SSSR count). The maximum absolute atomic E-state index is 2.41. The van der Waals surface area contributed by atoms with Crippen LogP contribution in [-0.2, 0) is 0 Å². The van der Waals surface area contributed by atoms with Crippen molar-refractivity contribution < 1.29 is 0 Å². The summed E-state index contributed by atoms with van der Waals surface area (Å²) < 4.78 is 2.41. The molecule has 0 N–H and O–H groups in total. The van der Waals surface area contributed by atoms with Crippen molar-refractivity contribution in [1.29, 1.82) is 0 Å². The Kier molecular flexibility index (Phi) is 7.18. The second-order valence-electron chi connectivity index (χ2n) is 13.3. The number of nitrogens with zero attached hydrogens (tertiary/aromatic N) is 2. The molecule has 0 saturated heterocycles. The lowest BCUT2D eigenvalue weighted by Crippen LogP contribution is -2.09. The van der Waals surface area contributed by atoms with E-state index in [9.17, 15) is 0 Å². The molecule has 0 saturated carbocycles. The normalized spacial score (nSPS) is 11.5. The van der Waals surface area contributed by atoms with Gasteiger partial charge in [-0.3, -0.25) is 0 Å². The molecule has 0 amide bonds. The third-order valence-electron chi connectivity index (χ3n) is 10.4. The van der Waals surface area contributed by atoms with Crippen LogP contribution in [0.3, 0.4) is 0 Å². The fraction of sp³-hybridized carbons (Fsp3) is 0. The van der Waals surface area contributed by atoms with Crippen LogP contribution in [0.25, 0.3) is 71.3 Å². The smallest absolute Gasteiger partial charge is 0.0541 e. The van der Waals surface area contributed by atoms with Gasteiger partial charge in [-0.2, -0.15) is 0 Å². The van der Waals surface area contributed by atoms with E-state index in [1.807, 2.05) is 0 Å². The summed E-state index contributed by atoms with van der Waals surface area (Å²) >= 11 is 0. The van der Waals surface area contributed by atoms with Crippen molar-refractivity contribution in [1.82, 2.24) is 4.57 Å². The predicted molar refractivity (Wildman–Crippen MR) is 221 cm³/mol. The van der Waals surface area contributed by atoms with Crippen molar-refractivity contribution in [3.8, 4) is 27.9 Å². The molecular weight excluding hydrogens is 629 g/mol. The van der Waals surface area contributed by atoms with Crippen LogP contribution < -0.4 is 4.90 Å². The zero-order valence-electron chi connectivity index (χ0n) is 28.5. The Bertz CT molecular complexity index is 2830. The molecule has 0 aliphatic heterocycles. The van der Waals surface area contributed by atoms with E-state index < -0.39 is 0 Å². The van der Waals surface area contributed by atoms with Crippen molar-refractivity contribution in [3.63, 3.8) is 0 Å². The molecule has 244 valence electrons. The number of benzene rings is 9. The standard InChI is InChI=1S/C50H34N2/c1-2-15-38(16-3-1)51(40-32-28-36(29-33-40)47-34-37-14-4-5-17-41(37)43-19-6-7-20-44(43)47)39-30-26-35(27-31-39)42-18-8-11-23-48(42)52-49-24-12-9-21-45(49)46-22-10-13-25-50(46)52/h1-34H. The highest BCUT2D eigenvalue weighted by Crippen LogP contribution is 2.40. The Morgan fingerprint density at radius 2 is 0.769 bits per heavy atom. The molecule has 2 heteroatoms. The molecule has 9 aromatic carbocycles. The van der Waals surface area contributed by atoms with Crippen molar-refractivity contribution in [2.75, 3.05) is 4.90 Å². The van der Waals surface area contributed by atoms with E-state index >= 15 is 0 Å². The minimum Gasteiger partial charge on any atom is -0.311 e. The van der Waals surface area contributed by atoms with E-state index in [1.54, 1.807) is 0 Å². The van der Waals surface area contributed by atoms with Gasteiger partial charge in [0.2, 0.25) is 0 Å². The molecule has 0 aliphatic rings. The fourth-order valence-electron chi connectivity index (χ4n) is 7.99. The average molecular weight is 663 g/mol. The summed E-state index contributed by atoms with van der Waals surface area (Å²) in [7, 11) is 0. The second kappa shape index (κ2) is 12.5. The maximum atomic E-state index is 2.41. The summed E-state index contributed by atoms with van der Waals surface area (Å²) in [6.45, 7) is 0. The van der Waals surface area contributed by atoms with Gasteiger partial charge in [-0.05, 0) is 98.9 Å². The largest absolute Gasteiger partial charge is 0.311 e. The van der Waals surface area contributed by atoms with Crippen LogP contribution in [0, 0.1) is 0 Å². The van der Waals surface area contributed by atoms with Gasteiger partial charge >= 0.3 is 0 Å². The number of hydrogen-bond donors (Lipinski definition) is 0. The summed E-state index contributed by atoms with van der Waals surface area (Å²) in [4.78, 5) is 2.34. The minimum absolute atomic E-state index is 1.10. The monoisotopic (exact) mass is 662 g/mol. The summed E-state index contributed by atoms with van der Waals surface area (Å²) in [6, 6.07) is 74.6. The number of anilines is 3. The van der Waals surface area contributed by atoms with Gasteiger partial charge in [0.1, 0.15) is 0 Å². The third-order valence-corrected chi connectivity index (χ3v) is 10.4. The Morgan fingerprint density at radius 1 is 0.308 bits per heavy atom. The summed E-state index contributed by atoms with van der Waals surface area (Å²) in [5.74, 6) is 0. The van der Waals surface area contributed by atoms with Crippen molar-refractivity contribution in [2.24, 2.45) is 0 Å². The van der Waals surface area contributed by atoms with Gasteiger partial charge in [-0.15, -0.1) is 0 Å². The first kappa shape index (κ1) is 30.0. The quantitative estimate of drug-likeness (QED) is 0.161. The Labute approximate surface area is 303 Å². The predicted octanol–water partition coefficient (Wildman–Crippen LogP) is 13.9. The summed E-state index contributed by atoms with van der Waals surface area (Å²) in [5, 5.41) is 7.63. The van der Waals surface area contributed by atoms with Gasteiger partial charge in [-0.25, -0.2) is 0 Å². The lowest BCUT2D eigenvalue weighted by Gasteiger charge is -2.26. The molecule has 0 atom stereocenters. The number of para-hydroxylation sites is 4. The number of hydrogen-bond acceptors (Lipinski definition) is 1. The van der Waals surface area contributed by atoms with E-state index in [-0.39, 0.29) is 0 Å². The Hall–Kier alpha value is -6.90. The first-order chi connectivity index (χ1) is 25.8. The molecule has 52 heavy (non-hydrogen) atoms. The van der Waals surface area contributed by atoms with Crippen molar-refractivity contribution in [2.45, 2.75) is 0 Å². The SMILES string of the molecule is c1ccc(N(c2ccc(-c3ccccc3-n3c4ccccc4c4ccccc43)cc2)c2ccc(-c3cc4ccccc4c4ccccc34)cc2)cc1. The van der Waals surface area contributed by atoms with Crippen LogP contribution >= 0.6 is 0 Å². The lowest BCUT2D eigenvalue weighted by molar-refractivity contribution is 1.18. The highest BCUT2D eigenvalue weighted by atomic mass is 15.1. The summed E-state index contributed by atoms with van der Waals surface area (Å²) in [6.07, 6.45) is 0. The molecule has 0 radical (unpaired) electrons. The first-order valence-corrected chi connectivity index (χ1v) is 17.9. The first-order valence-electron chi connectivity index (χ1n) is 17.9. The molecule has 0 spiro atoms. The van der Waals surface area contributed by atoms with E-state index in [0.29, 0.717) is 0 Å².